The largest absolute Gasteiger partial charge is 0.573 e. The van der Waals surface area contributed by atoms with E-state index in [-0.39, 0.29) is 11.7 Å². The molecule has 9 heteroatoms. The SMILES string of the molecule is C[C@@H](C(=O)Nc1ccc(OC(F)(F)F)cc1)N(C)Cc1ccc(Cl)nc1. The first-order chi connectivity index (χ1) is 12.1. The number of alkyl halides is 3. The third-order valence-electron chi connectivity index (χ3n) is 3.62. The van der Waals surface area contributed by atoms with Crippen LogP contribution in [0.1, 0.15) is 12.5 Å². The highest BCUT2D eigenvalue weighted by atomic mass is 35.5. The molecule has 0 aliphatic carbocycles. The van der Waals surface area contributed by atoms with Crippen LogP contribution in [0.2, 0.25) is 5.15 Å². The molecule has 0 saturated heterocycles. The maximum Gasteiger partial charge on any atom is 0.573 e. The van der Waals surface area contributed by atoms with E-state index in [9.17, 15) is 18.0 Å². The van der Waals surface area contributed by atoms with Gasteiger partial charge in [-0.1, -0.05) is 17.7 Å². The number of halogens is 4. The molecule has 0 radical (unpaired) electrons. The van der Waals surface area contributed by atoms with Crippen molar-refractivity contribution in [3.8, 4) is 5.75 Å². The lowest BCUT2D eigenvalue weighted by atomic mass is 10.2. The maximum absolute atomic E-state index is 12.3. The molecule has 1 N–H and O–H groups in total. The summed E-state index contributed by atoms with van der Waals surface area (Å²) in [5, 5.41) is 3.04. The van der Waals surface area contributed by atoms with Crippen LogP contribution in [0.25, 0.3) is 0 Å². The Hall–Kier alpha value is -2.32. The summed E-state index contributed by atoms with van der Waals surface area (Å²) in [6.45, 7) is 2.21. The Balaban J connectivity index is 1.92. The van der Waals surface area contributed by atoms with Crippen molar-refractivity contribution in [3.05, 3.63) is 53.3 Å². The predicted molar refractivity (Wildman–Crippen MR) is 91.9 cm³/mol. The molecule has 0 bridgehead atoms. The van der Waals surface area contributed by atoms with E-state index in [0.717, 1.165) is 17.7 Å². The summed E-state index contributed by atoms with van der Waals surface area (Å²) in [6, 6.07) is 7.96. The summed E-state index contributed by atoms with van der Waals surface area (Å²) in [4.78, 5) is 18.1. The van der Waals surface area contributed by atoms with Crippen molar-refractivity contribution in [3.63, 3.8) is 0 Å². The minimum Gasteiger partial charge on any atom is -0.406 e. The van der Waals surface area contributed by atoms with Crippen LogP contribution in [0.4, 0.5) is 18.9 Å². The summed E-state index contributed by atoms with van der Waals surface area (Å²) >= 11 is 5.74. The van der Waals surface area contributed by atoms with E-state index in [4.69, 9.17) is 11.6 Å². The minimum atomic E-state index is -4.75. The Morgan fingerprint density at radius 1 is 1.27 bits per heavy atom. The van der Waals surface area contributed by atoms with Gasteiger partial charge in [-0.2, -0.15) is 0 Å². The van der Waals surface area contributed by atoms with Gasteiger partial charge in [0.15, 0.2) is 0 Å². The number of anilines is 1. The Labute approximate surface area is 153 Å². The van der Waals surface area contributed by atoms with E-state index in [1.807, 2.05) is 6.07 Å². The molecular formula is C17H17ClF3N3O2. The Kier molecular flexibility index (Phi) is 6.44. The molecule has 5 nitrogen and oxygen atoms in total. The summed E-state index contributed by atoms with van der Waals surface area (Å²) in [6.07, 6.45) is -3.12. The zero-order valence-corrected chi connectivity index (χ0v) is 14.8. The van der Waals surface area contributed by atoms with Crippen LogP contribution in [-0.2, 0) is 11.3 Å². The van der Waals surface area contributed by atoms with Crippen LogP contribution in [0, 0.1) is 0 Å². The highest BCUT2D eigenvalue weighted by molar-refractivity contribution is 6.29. The second-order valence-electron chi connectivity index (χ2n) is 5.64. The number of pyridine rings is 1. The first kappa shape index (κ1) is 20.0. The van der Waals surface area contributed by atoms with Gasteiger partial charge in [-0.3, -0.25) is 9.69 Å². The van der Waals surface area contributed by atoms with Crippen molar-refractivity contribution in [1.29, 1.82) is 0 Å². The zero-order chi connectivity index (χ0) is 19.3. The van der Waals surface area contributed by atoms with Gasteiger partial charge in [-0.05, 0) is 49.9 Å². The number of carbonyl (C=O) groups excluding carboxylic acids is 1. The van der Waals surface area contributed by atoms with Crippen molar-refractivity contribution in [2.24, 2.45) is 0 Å². The number of benzene rings is 1. The zero-order valence-electron chi connectivity index (χ0n) is 14.0. The van der Waals surface area contributed by atoms with Crippen LogP contribution in [0.5, 0.6) is 5.75 Å². The molecule has 26 heavy (non-hydrogen) atoms. The minimum absolute atomic E-state index is 0.293. The fraction of sp³-hybridized carbons (Fsp3) is 0.294. The number of hydrogen-bond acceptors (Lipinski definition) is 4. The summed E-state index contributed by atoms with van der Waals surface area (Å²) in [7, 11) is 1.78. The third kappa shape index (κ3) is 6.20. The quantitative estimate of drug-likeness (QED) is 0.758. The fourth-order valence-electron chi connectivity index (χ4n) is 2.11. The number of carbonyl (C=O) groups is 1. The average molecular weight is 388 g/mol. The average Bonchev–Trinajstić information content (AvgIpc) is 2.56. The van der Waals surface area contributed by atoms with E-state index < -0.39 is 12.4 Å². The number of amides is 1. The predicted octanol–water partition coefficient (Wildman–Crippen LogP) is 4.09. The molecule has 1 amide bonds. The van der Waals surface area contributed by atoms with E-state index in [1.54, 1.807) is 31.1 Å². The Morgan fingerprint density at radius 2 is 1.92 bits per heavy atom. The second kappa shape index (κ2) is 8.37. The molecule has 0 spiro atoms. The highest BCUT2D eigenvalue weighted by Gasteiger charge is 2.31. The van der Waals surface area contributed by atoms with Crippen molar-refractivity contribution in [1.82, 2.24) is 9.88 Å². The molecule has 1 aromatic carbocycles. The highest BCUT2D eigenvalue weighted by Crippen LogP contribution is 2.24. The van der Waals surface area contributed by atoms with Gasteiger partial charge < -0.3 is 10.1 Å². The van der Waals surface area contributed by atoms with Gasteiger partial charge in [0.2, 0.25) is 5.91 Å². The number of nitrogens with zero attached hydrogens (tertiary/aromatic N) is 2. The topological polar surface area (TPSA) is 54.5 Å². The van der Waals surface area contributed by atoms with Gasteiger partial charge in [-0.15, -0.1) is 13.2 Å². The van der Waals surface area contributed by atoms with E-state index in [2.05, 4.69) is 15.0 Å². The van der Waals surface area contributed by atoms with Crippen molar-refractivity contribution < 1.29 is 22.7 Å². The van der Waals surface area contributed by atoms with Crippen molar-refractivity contribution in [2.45, 2.75) is 25.9 Å². The molecule has 0 unspecified atom stereocenters. The molecule has 0 saturated carbocycles. The van der Waals surface area contributed by atoms with E-state index >= 15 is 0 Å². The number of hydrogen-bond donors (Lipinski definition) is 1. The van der Waals surface area contributed by atoms with Gasteiger partial charge in [0.1, 0.15) is 10.9 Å². The molecule has 1 heterocycles. The maximum atomic E-state index is 12.3. The molecule has 1 atom stereocenters. The Bertz CT molecular complexity index is 736. The van der Waals surface area contributed by atoms with E-state index in [0.29, 0.717) is 17.4 Å². The molecular weight excluding hydrogens is 371 g/mol. The normalized spacial score (nSPS) is 12.7. The molecule has 2 aromatic rings. The first-order valence-electron chi connectivity index (χ1n) is 7.61. The van der Waals surface area contributed by atoms with Gasteiger partial charge in [0.05, 0.1) is 6.04 Å². The number of nitrogens with one attached hydrogen (secondary N) is 1. The van der Waals surface area contributed by atoms with Gasteiger partial charge in [-0.25, -0.2) is 4.98 Å². The third-order valence-corrected chi connectivity index (χ3v) is 3.84. The number of likely N-dealkylation sites (N-methyl/N-ethyl adjacent to an activating group) is 1. The van der Waals surface area contributed by atoms with Gasteiger partial charge in [0, 0.05) is 18.4 Å². The lowest BCUT2D eigenvalue weighted by Crippen LogP contribution is -2.39. The summed E-state index contributed by atoms with van der Waals surface area (Å²) in [5.41, 5.74) is 1.27. The van der Waals surface area contributed by atoms with Crippen LogP contribution < -0.4 is 10.1 Å². The van der Waals surface area contributed by atoms with Crippen LogP contribution >= 0.6 is 11.6 Å². The molecule has 2 rings (SSSR count). The Morgan fingerprint density at radius 3 is 2.46 bits per heavy atom. The van der Waals surface area contributed by atoms with Crippen LogP contribution in [0.3, 0.4) is 0 Å². The first-order valence-corrected chi connectivity index (χ1v) is 7.99. The number of aromatic nitrogens is 1. The second-order valence-corrected chi connectivity index (χ2v) is 6.03. The number of ether oxygens (including phenoxy) is 1. The lowest BCUT2D eigenvalue weighted by Gasteiger charge is -2.24. The monoisotopic (exact) mass is 387 g/mol. The molecule has 140 valence electrons. The van der Waals surface area contributed by atoms with E-state index in [1.165, 1.54) is 12.1 Å². The summed E-state index contributed by atoms with van der Waals surface area (Å²) < 4.78 is 40.2. The fourth-order valence-corrected chi connectivity index (χ4v) is 2.22. The van der Waals surface area contributed by atoms with Gasteiger partial charge in [0.25, 0.3) is 0 Å². The molecule has 1 aromatic heterocycles. The molecule has 0 aliphatic heterocycles. The van der Waals surface area contributed by atoms with Crippen molar-refractivity contribution >= 4 is 23.2 Å². The molecule has 0 fully saturated rings. The van der Waals surface area contributed by atoms with Crippen molar-refractivity contribution in [2.75, 3.05) is 12.4 Å². The smallest absolute Gasteiger partial charge is 0.406 e. The van der Waals surface area contributed by atoms with Gasteiger partial charge >= 0.3 is 6.36 Å². The van der Waals surface area contributed by atoms with Crippen LogP contribution in [0.15, 0.2) is 42.6 Å². The summed E-state index contributed by atoms with van der Waals surface area (Å²) in [5.74, 6) is -0.644. The number of rotatable bonds is 6. The van der Waals surface area contributed by atoms with Crippen LogP contribution in [-0.4, -0.2) is 35.2 Å². The standard InChI is InChI=1S/C17H17ClF3N3O2/c1-11(24(2)10-12-3-8-15(18)22-9-12)16(25)23-13-4-6-14(7-5-13)26-17(19,20)21/h3-9,11H,10H2,1-2H3,(H,23,25)/t11-/m0/s1. The molecule has 0 aliphatic rings. The lowest BCUT2D eigenvalue weighted by molar-refractivity contribution is -0.274.